The zero-order valence-electron chi connectivity index (χ0n) is 23.9. The molecular weight excluding hydrogens is 574 g/mol. The number of rotatable bonds is 8. The third-order valence-corrected chi connectivity index (χ3v) is 9.17. The summed E-state index contributed by atoms with van der Waals surface area (Å²) in [6, 6.07) is 17.0. The van der Waals surface area contributed by atoms with Gasteiger partial charge < -0.3 is 25.8 Å². The monoisotopic (exact) mass is 607 g/mol. The Hall–Kier alpha value is -4.71. The fourth-order valence-corrected chi connectivity index (χ4v) is 7.25. The van der Waals surface area contributed by atoms with Crippen molar-refractivity contribution in [2.24, 2.45) is 5.73 Å². The summed E-state index contributed by atoms with van der Waals surface area (Å²) in [6.07, 6.45) is -0.712. The van der Waals surface area contributed by atoms with Crippen LogP contribution < -0.4 is 11.1 Å². The third kappa shape index (κ3) is 6.86. The number of esters is 1. The predicted molar refractivity (Wildman–Crippen MR) is 158 cm³/mol. The number of carboxylic acid groups (broad SMARTS) is 1. The Bertz CT molecular complexity index is 1640. The number of nitrogens with two attached hydrogens (primary N) is 1. The maximum atomic E-state index is 14.2. The van der Waals surface area contributed by atoms with Crippen LogP contribution >= 0.6 is 0 Å². The molecule has 43 heavy (non-hydrogen) atoms. The van der Waals surface area contributed by atoms with Crippen LogP contribution in [0.25, 0.3) is 0 Å². The lowest BCUT2D eigenvalue weighted by atomic mass is 10.0. The molecule has 1 saturated heterocycles. The molecule has 3 atom stereocenters. The molecule has 3 aromatic rings. The van der Waals surface area contributed by atoms with E-state index in [2.05, 4.69) is 5.32 Å². The van der Waals surface area contributed by atoms with Crippen molar-refractivity contribution in [3.63, 3.8) is 0 Å². The number of primary amides is 1. The number of aromatic carboxylic acids is 1. The van der Waals surface area contributed by atoms with E-state index in [0.29, 0.717) is 5.56 Å². The molecule has 1 aliphatic rings. The first-order valence-electron chi connectivity index (χ1n) is 13.5. The minimum absolute atomic E-state index is 0.0419. The summed E-state index contributed by atoms with van der Waals surface area (Å²) in [4.78, 5) is 52.7. The molecule has 12 heteroatoms. The van der Waals surface area contributed by atoms with Gasteiger partial charge in [0.2, 0.25) is 5.91 Å². The Kier molecular flexibility index (Phi) is 8.90. The smallest absolute Gasteiger partial charge is 0.337 e. The van der Waals surface area contributed by atoms with Crippen LogP contribution in [0, 0.1) is 0 Å². The van der Waals surface area contributed by atoms with Gasteiger partial charge in [-0.15, -0.1) is 0 Å². The number of nitrogens with zero attached hydrogens (tertiary/aromatic N) is 1. The number of urea groups is 1. The third-order valence-electron chi connectivity index (χ3n) is 6.99. The van der Waals surface area contributed by atoms with Crippen LogP contribution in [0.15, 0.2) is 83.8 Å². The standard InChI is InChI=1S/C31H33N3O8S/c1-31(2,3)42-29(38)23-18-24(43(40,41)21-14-8-5-9-15-21)27(19-11-6-4-7-12-19)34(23)25(35)17-20-13-10-16-22(28(36)37)26(20)33-30(32)39/h4-16,23-24,27H,17-18H2,1-3H3,(H,36,37)(H3,32,33,39). The van der Waals surface area contributed by atoms with Gasteiger partial charge in [-0.2, -0.15) is 0 Å². The van der Waals surface area contributed by atoms with Gasteiger partial charge in [0.05, 0.1) is 33.9 Å². The van der Waals surface area contributed by atoms with E-state index in [1.54, 1.807) is 69.3 Å². The Labute approximate surface area is 249 Å². The quantitative estimate of drug-likeness (QED) is 0.323. The van der Waals surface area contributed by atoms with E-state index in [0.717, 1.165) is 0 Å². The number of likely N-dealkylation sites (tertiary alicyclic amines) is 1. The molecule has 1 aliphatic heterocycles. The second kappa shape index (κ2) is 12.3. The first-order valence-corrected chi connectivity index (χ1v) is 15.0. The van der Waals surface area contributed by atoms with Crippen molar-refractivity contribution in [1.82, 2.24) is 4.90 Å². The number of carbonyl (C=O) groups is 4. The molecule has 0 aliphatic carbocycles. The number of carbonyl (C=O) groups excluding carboxylic acids is 3. The molecule has 4 N–H and O–H groups in total. The van der Waals surface area contributed by atoms with Gasteiger partial charge >= 0.3 is 18.0 Å². The molecule has 0 radical (unpaired) electrons. The normalized spacial score (nSPS) is 18.6. The number of hydrogen-bond acceptors (Lipinski definition) is 7. The topological polar surface area (TPSA) is 173 Å². The average molecular weight is 608 g/mol. The molecule has 4 rings (SSSR count). The Balaban J connectivity index is 1.87. The lowest BCUT2D eigenvalue weighted by molar-refractivity contribution is -0.164. The summed E-state index contributed by atoms with van der Waals surface area (Å²) in [5.41, 5.74) is 4.50. The number of amides is 3. The lowest BCUT2D eigenvalue weighted by Gasteiger charge is -2.32. The Morgan fingerprint density at radius 3 is 2.12 bits per heavy atom. The zero-order valence-corrected chi connectivity index (χ0v) is 24.7. The predicted octanol–water partition coefficient (Wildman–Crippen LogP) is 3.94. The van der Waals surface area contributed by atoms with Crippen molar-refractivity contribution in [2.45, 2.75) is 61.4 Å². The van der Waals surface area contributed by atoms with E-state index in [-0.39, 0.29) is 28.1 Å². The zero-order chi connectivity index (χ0) is 31.5. The number of ether oxygens (including phenoxy) is 1. The number of benzene rings is 3. The van der Waals surface area contributed by atoms with Crippen molar-refractivity contribution < 1.29 is 37.4 Å². The Morgan fingerprint density at radius 2 is 1.56 bits per heavy atom. The van der Waals surface area contributed by atoms with Gasteiger partial charge in [0.1, 0.15) is 11.6 Å². The van der Waals surface area contributed by atoms with Crippen LogP contribution in [0.5, 0.6) is 0 Å². The van der Waals surface area contributed by atoms with Crippen molar-refractivity contribution in [2.75, 3.05) is 5.32 Å². The minimum atomic E-state index is -4.08. The first-order chi connectivity index (χ1) is 20.2. The maximum Gasteiger partial charge on any atom is 0.337 e. The van der Waals surface area contributed by atoms with E-state index in [1.165, 1.54) is 35.2 Å². The highest BCUT2D eigenvalue weighted by atomic mass is 32.2. The van der Waals surface area contributed by atoms with Gasteiger partial charge in [-0.1, -0.05) is 60.7 Å². The average Bonchev–Trinajstić information content (AvgIpc) is 3.36. The van der Waals surface area contributed by atoms with E-state index < -0.39 is 63.1 Å². The molecule has 0 bridgehead atoms. The van der Waals surface area contributed by atoms with Crippen molar-refractivity contribution in [3.8, 4) is 0 Å². The van der Waals surface area contributed by atoms with Crippen LogP contribution in [0.3, 0.4) is 0 Å². The van der Waals surface area contributed by atoms with Gasteiger partial charge in [-0.05, 0) is 56.5 Å². The van der Waals surface area contributed by atoms with E-state index >= 15 is 0 Å². The first kappa shape index (κ1) is 31.2. The van der Waals surface area contributed by atoms with Crippen molar-refractivity contribution >= 4 is 39.4 Å². The van der Waals surface area contributed by atoms with Crippen LogP contribution in [-0.4, -0.2) is 59.2 Å². The highest BCUT2D eigenvalue weighted by Gasteiger charge is 2.53. The van der Waals surface area contributed by atoms with Crippen LogP contribution in [0.2, 0.25) is 0 Å². The van der Waals surface area contributed by atoms with E-state index in [9.17, 15) is 32.7 Å². The molecule has 0 saturated carbocycles. The SMILES string of the molecule is CC(C)(C)OC(=O)C1CC(S(=O)(=O)c2ccccc2)C(c2ccccc2)N1C(=O)Cc1cccc(C(=O)O)c1NC(N)=O. The summed E-state index contributed by atoms with van der Waals surface area (Å²) < 4.78 is 33.8. The van der Waals surface area contributed by atoms with Gasteiger partial charge in [-0.3, -0.25) is 4.79 Å². The molecule has 3 amide bonds. The van der Waals surface area contributed by atoms with Crippen molar-refractivity contribution in [1.29, 1.82) is 0 Å². The molecule has 0 spiro atoms. The molecule has 0 aromatic heterocycles. The largest absolute Gasteiger partial charge is 0.478 e. The minimum Gasteiger partial charge on any atom is -0.478 e. The number of carboxylic acids is 1. The van der Waals surface area contributed by atoms with Gasteiger partial charge in [0, 0.05) is 0 Å². The summed E-state index contributed by atoms with van der Waals surface area (Å²) in [7, 11) is -4.08. The fourth-order valence-electron chi connectivity index (χ4n) is 5.30. The van der Waals surface area contributed by atoms with Crippen LogP contribution in [0.1, 0.15) is 54.7 Å². The van der Waals surface area contributed by atoms with Gasteiger partial charge in [-0.25, -0.2) is 22.8 Å². The maximum absolute atomic E-state index is 14.2. The highest BCUT2D eigenvalue weighted by Crippen LogP contribution is 2.43. The molecule has 1 heterocycles. The molecule has 11 nitrogen and oxygen atoms in total. The fraction of sp³-hybridized carbons (Fsp3) is 0.290. The number of para-hydroxylation sites is 1. The highest BCUT2D eigenvalue weighted by molar-refractivity contribution is 7.92. The number of nitrogens with one attached hydrogen (secondary N) is 1. The summed E-state index contributed by atoms with van der Waals surface area (Å²) in [5, 5.41) is 10.7. The lowest BCUT2D eigenvalue weighted by Crippen LogP contribution is -2.45. The van der Waals surface area contributed by atoms with Gasteiger partial charge in [0.15, 0.2) is 9.84 Å². The molecule has 3 unspecified atom stereocenters. The number of hydrogen-bond donors (Lipinski definition) is 3. The number of anilines is 1. The summed E-state index contributed by atoms with van der Waals surface area (Å²) in [5.74, 6) is -2.81. The van der Waals surface area contributed by atoms with E-state index in [4.69, 9.17) is 10.5 Å². The second-order valence-electron chi connectivity index (χ2n) is 11.1. The second-order valence-corrected chi connectivity index (χ2v) is 13.3. The summed E-state index contributed by atoms with van der Waals surface area (Å²) in [6.45, 7) is 4.99. The molecular formula is C31H33N3O8S. The molecule has 1 fully saturated rings. The summed E-state index contributed by atoms with van der Waals surface area (Å²) >= 11 is 0. The van der Waals surface area contributed by atoms with Crippen LogP contribution in [0.4, 0.5) is 10.5 Å². The number of sulfone groups is 1. The Morgan fingerprint density at radius 1 is 0.953 bits per heavy atom. The van der Waals surface area contributed by atoms with E-state index in [1.807, 2.05) is 0 Å². The van der Waals surface area contributed by atoms with Crippen LogP contribution in [-0.2, 0) is 30.6 Å². The van der Waals surface area contributed by atoms with Gasteiger partial charge in [0.25, 0.3) is 0 Å². The van der Waals surface area contributed by atoms with Crippen molar-refractivity contribution in [3.05, 3.63) is 95.6 Å². The molecule has 226 valence electrons. The molecule has 3 aromatic carbocycles.